The lowest BCUT2D eigenvalue weighted by molar-refractivity contribution is 0.00578. The summed E-state index contributed by atoms with van der Waals surface area (Å²) in [7, 11) is -0.297. The van der Waals surface area contributed by atoms with E-state index >= 15 is 0 Å². The smallest absolute Gasteiger partial charge is 0.490 e. The van der Waals surface area contributed by atoms with E-state index in [9.17, 15) is 0 Å². The van der Waals surface area contributed by atoms with E-state index < -0.39 is 0 Å². The minimum absolute atomic E-state index is 0.297. The Hall–Kier alpha value is -0.995. The fraction of sp³-hybridized carbons (Fsp3) is 0.667. The molecule has 1 aliphatic heterocycles. The summed E-state index contributed by atoms with van der Waals surface area (Å²) in [5.41, 5.74) is 0.457. The summed E-state index contributed by atoms with van der Waals surface area (Å²) in [5.74, 6) is 0.951. The van der Waals surface area contributed by atoms with Gasteiger partial charge in [0.2, 0.25) is 0 Å². The highest BCUT2D eigenvalue weighted by Crippen LogP contribution is 2.36. The molecule has 1 saturated carbocycles. The maximum Gasteiger partial charge on any atom is 0.494 e. The third-order valence-electron chi connectivity index (χ3n) is 5.26. The largest absolute Gasteiger partial charge is 0.494 e. The Kier molecular flexibility index (Phi) is 4.26. The van der Waals surface area contributed by atoms with Gasteiger partial charge in [0.25, 0.3) is 0 Å². The van der Waals surface area contributed by atoms with Crippen LogP contribution in [0.25, 0.3) is 0 Å². The average Bonchev–Trinajstić information content (AvgIpc) is 2.69. The topological polar surface area (TPSA) is 27.7 Å². The van der Waals surface area contributed by atoms with E-state index in [-0.39, 0.29) is 18.3 Å². The number of benzene rings is 1. The highest BCUT2D eigenvalue weighted by atomic mass is 16.7. The molecule has 1 aliphatic carbocycles. The molecule has 2 aliphatic rings. The molecular formula is C18H27BO3. The monoisotopic (exact) mass is 302 g/mol. The normalized spacial score (nSPS) is 24.5. The SMILES string of the molecule is CC1(C)OB(c2ccc(OC3CCCCC3)cc2)OC1(C)C. The number of hydrogen-bond acceptors (Lipinski definition) is 3. The molecule has 1 aromatic rings. The lowest BCUT2D eigenvalue weighted by Gasteiger charge is -2.32. The lowest BCUT2D eigenvalue weighted by atomic mass is 9.79. The van der Waals surface area contributed by atoms with Crippen LogP contribution >= 0.6 is 0 Å². The Morgan fingerprint density at radius 3 is 2.00 bits per heavy atom. The summed E-state index contributed by atoms with van der Waals surface area (Å²) < 4.78 is 18.2. The molecule has 0 N–H and O–H groups in total. The van der Waals surface area contributed by atoms with Crippen LogP contribution in [0.5, 0.6) is 5.75 Å². The first kappa shape index (κ1) is 15.9. The fourth-order valence-electron chi connectivity index (χ4n) is 3.06. The molecule has 1 heterocycles. The van der Waals surface area contributed by atoms with Crippen LogP contribution in [-0.2, 0) is 9.31 Å². The second kappa shape index (κ2) is 5.90. The van der Waals surface area contributed by atoms with Crippen molar-refractivity contribution in [1.29, 1.82) is 0 Å². The Morgan fingerprint density at radius 2 is 1.45 bits per heavy atom. The zero-order valence-corrected chi connectivity index (χ0v) is 14.2. The van der Waals surface area contributed by atoms with Crippen LogP contribution < -0.4 is 10.2 Å². The maximum absolute atomic E-state index is 6.08. The van der Waals surface area contributed by atoms with Crippen LogP contribution in [0.15, 0.2) is 24.3 Å². The predicted octanol–water partition coefficient (Wildman–Crippen LogP) is 3.70. The molecule has 0 unspecified atom stereocenters. The zero-order chi connectivity index (χ0) is 15.8. The van der Waals surface area contributed by atoms with Gasteiger partial charge in [0, 0.05) is 0 Å². The summed E-state index contributed by atoms with van der Waals surface area (Å²) in [5, 5.41) is 0. The van der Waals surface area contributed by atoms with Crippen molar-refractivity contribution < 1.29 is 14.0 Å². The van der Waals surface area contributed by atoms with Crippen molar-refractivity contribution in [2.24, 2.45) is 0 Å². The van der Waals surface area contributed by atoms with E-state index in [4.69, 9.17) is 14.0 Å². The average molecular weight is 302 g/mol. The molecule has 1 saturated heterocycles. The molecule has 120 valence electrons. The second-order valence-corrected chi connectivity index (χ2v) is 7.54. The van der Waals surface area contributed by atoms with Crippen LogP contribution in [0.2, 0.25) is 0 Å². The Morgan fingerprint density at radius 1 is 0.909 bits per heavy atom. The van der Waals surface area contributed by atoms with Crippen molar-refractivity contribution in [2.75, 3.05) is 0 Å². The van der Waals surface area contributed by atoms with Gasteiger partial charge in [-0.1, -0.05) is 18.6 Å². The standard InChI is InChI=1S/C18H27BO3/c1-17(2)18(3,4)22-19(21-17)14-10-12-16(13-11-14)20-15-8-6-5-7-9-15/h10-13,15H,5-9H2,1-4H3. The maximum atomic E-state index is 6.08. The van der Waals surface area contributed by atoms with Crippen molar-refractivity contribution in [3.8, 4) is 5.75 Å². The second-order valence-electron chi connectivity index (χ2n) is 7.54. The summed E-state index contributed by atoms with van der Waals surface area (Å²) in [4.78, 5) is 0. The predicted molar refractivity (Wildman–Crippen MR) is 89.7 cm³/mol. The third kappa shape index (κ3) is 3.18. The van der Waals surface area contributed by atoms with Crippen molar-refractivity contribution in [3.05, 3.63) is 24.3 Å². The number of rotatable bonds is 3. The molecule has 3 rings (SSSR count). The van der Waals surface area contributed by atoms with E-state index in [0.29, 0.717) is 6.10 Å². The van der Waals surface area contributed by atoms with Crippen molar-refractivity contribution >= 4 is 12.6 Å². The summed E-state index contributed by atoms with van der Waals surface area (Å²) >= 11 is 0. The van der Waals surface area contributed by atoms with E-state index in [1.54, 1.807) is 0 Å². The molecule has 0 spiro atoms. The van der Waals surface area contributed by atoms with Gasteiger partial charge in [-0.15, -0.1) is 0 Å². The van der Waals surface area contributed by atoms with E-state index in [0.717, 1.165) is 11.2 Å². The van der Waals surface area contributed by atoms with Gasteiger partial charge in [-0.3, -0.25) is 0 Å². The van der Waals surface area contributed by atoms with Crippen molar-refractivity contribution in [2.45, 2.75) is 77.1 Å². The minimum atomic E-state index is -0.297. The van der Waals surface area contributed by atoms with Crippen molar-refractivity contribution in [3.63, 3.8) is 0 Å². The molecule has 0 amide bonds. The summed E-state index contributed by atoms with van der Waals surface area (Å²) in [6.45, 7) is 8.31. The van der Waals surface area contributed by atoms with Gasteiger partial charge >= 0.3 is 7.12 Å². The highest BCUT2D eigenvalue weighted by Gasteiger charge is 2.51. The van der Waals surface area contributed by atoms with Gasteiger partial charge in [0.15, 0.2) is 0 Å². The fourth-order valence-corrected chi connectivity index (χ4v) is 3.06. The van der Waals surface area contributed by atoms with Gasteiger partial charge in [-0.2, -0.15) is 0 Å². The zero-order valence-electron chi connectivity index (χ0n) is 14.2. The van der Waals surface area contributed by atoms with Crippen LogP contribution in [0.1, 0.15) is 59.8 Å². The lowest BCUT2D eigenvalue weighted by Crippen LogP contribution is -2.41. The van der Waals surface area contributed by atoms with Crippen molar-refractivity contribution in [1.82, 2.24) is 0 Å². The molecule has 0 aromatic heterocycles. The Labute approximate surface area is 134 Å². The molecule has 4 heteroatoms. The Balaban J connectivity index is 1.65. The highest BCUT2D eigenvalue weighted by molar-refractivity contribution is 6.62. The molecule has 0 atom stereocenters. The minimum Gasteiger partial charge on any atom is -0.490 e. The summed E-state index contributed by atoms with van der Waals surface area (Å²) in [6.07, 6.45) is 6.67. The molecule has 3 nitrogen and oxygen atoms in total. The van der Waals surface area contributed by atoms with E-state index in [2.05, 4.69) is 39.8 Å². The van der Waals surface area contributed by atoms with Gasteiger partial charge in [-0.05, 0) is 71.0 Å². The van der Waals surface area contributed by atoms with Crippen LogP contribution in [0.3, 0.4) is 0 Å². The first-order valence-corrected chi connectivity index (χ1v) is 8.50. The first-order chi connectivity index (χ1) is 10.4. The molecule has 1 aromatic carbocycles. The van der Waals surface area contributed by atoms with Crippen LogP contribution in [0.4, 0.5) is 0 Å². The van der Waals surface area contributed by atoms with Gasteiger partial charge < -0.3 is 14.0 Å². The van der Waals surface area contributed by atoms with E-state index in [1.165, 1.54) is 32.1 Å². The van der Waals surface area contributed by atoms with Crippen LogP contribution in [-0.4, -0.2) is 24.4 Å². The molecular weight excluding hydrogens is 275 g/mol. The molecule has 2 fully saturated rings. The van der Waals surface area contributed by atoms with E-state index in [1.807, 2.05) is 12.1 Å². The van der Waals surface area contributed by atoms with Gasteiger partial charge in [-0.25, -0.2) is 0 Å². The first-order valence-electron chi connectivity index (χ1n) is 8.50. The molecule has 22 heavy (non-hydrogen) atoms. The Bertz CT molecular complexity index is 488. The number of ether oxygens (including phenoxy) is 1. The van der Waals surface area contributed by atoms with Gasteiger partial charge in [0.1, 0.15) is 5.75 Å². The summed E-state index contributed by atoms with van der Waals surface area (Å²) in [6, 6.07) is 8.19. The van der Waals surface area contributed by atoms with Gasteiger partial charge in [0.05, 0.1) is 17.3 Å². The quantitative estimate of drug-likeness (QED) is 0.797. The third-order valence-corrected chi connectivity index (χ3v) is 5.26. The van der Waals surface area contributed by atoms with Crippen LogP contribution in [0, 0.1) is 0 Å². The molecule has 0 bridgehead atoms. The number of hydrogen-bond donors (Lipinski definition) is 0. The molecule has 0 radical (unpaired) electrons.